The number of nitrogens with zero attached hydrogens (tertiary/aromatic N) is 4. The molecule has 1 saturated heterocycles. The molecule has 1 fully saturated rings. The average Bonchev–Trinajstić information content (AvgIpc) is 3.13. The van der Waals surface area contributed by atoms with Crippen molar-refractivity contribution in [2.45, 2.75) is 19.4 Å². The minimum atomic E-state index is -0.0293. The molecule has 3 heterocycles. The lowest BCUT2D eigenvalue weighted by Gasteiger charge is -2.31. The summed E-state index contributed by atoms with van der Waals surface area (Å²) in [5, 5.41) is 4.87. The fraction of sp³-hybridized carbons (Fsp3) is 0.350. The first-order valence-electron chi connectivity index (χ1n) is 9.25. The summed E-state index contributed by atoms with van der Waals surface area (Å²) in [6, 6.07) is 9.69. The van der Waals surface area contributed by atoms with E-state index in [4.69, 9.17) is 11.6 Å². The number of piperidine rings is 1. The van der Waals surface area contributed by atoms with Gasteiger partial charge in [0.1, 0.15) is 0 Å². The molecule has 0 unspecified atom stereocenters. The molecule has 0 bridgehead atoms. The fourth-order valence-electron chi connectivity index (χ4n) is 3.65. The predicted molar refractivity (Wildman–Crippen MR) is 107 cm³/mol. The van der Waals surface area contributed by atoms with E-state index in [0.29, 0.717) is 25.6 Å². The normalized spacial score (nSPS) is 17.2. The van der Waals surface area contributed by atoms with Gasteiger partial charge in [0, 0.05) is 60.7 Å². The van der Waals surface area contributed by atoms with Gasteiger partial charge in [-0.15, -0.1) is 0 Å². The van der Waals surface area contributed by atoms with Gasteiger partial charge in [-0.3, -0.25) is 4.79 Å². The summed E-state index contributed by atoms with van der Waals surface area (Å²) in [5.41, 5.74) is 1.09. The monoisotopic (exact) mass is 383 g/mol. The molecule has 140 valence electrons. The molecule has 7 heteroatoms. The second kappa shape index (κ2) is 7.96. The van der Waals surface area contributed by atoms with Crippen LogP contribution in [0.25, 0.3) is 10.9 Å². The van der Waals surface area contributed by atoms with Crippen molar-refractivity contribution < 1.29 is 4.79 Å². The second-order valence-electron chi connectivity index (χ2n) is 6.81. The lowest BCUT2D eigenvalue weighted by atomic mass is 9.97. The van der Waals surface area contributed by atoms with Crippen LogP contribution in [-0.4, -0.2) is 40.1 Å². The van der Waals surface area contributed by atoms with E-state index >= 15 is 0 Å². The zero-order valence-electron chi connectivity index (χ0n) is 15.0. The Balaban J connectivity index is 1.33. The number of anilines is 1. The van der Waals surface area contributed by atoms with Gasteiger partial charge in [-0.1, -0.05) is 17.7 Å². The quantitative estimate of drug-likeness (QED) is 0.735. The van der Waals surface area contributed by atoms with Gasteiger partial charge in [0.2, 0.25) is 11.9 Å². The van der Waals surface area contributed by atoms with E-state index in [-0.39, 0.29) is 11.8 Å². The highest BCUT2D eigenvalue weighted by atomic mass is 35.5. The van der Waals surface area contributed by atoms with Gasteiger partial charge in [0.25, 0.3) is 0 Å². The van der Waals surface area contributed by atoms with Crippen molar-refractivity contribution in [3.63, 3.8) is 0 Å². The number of rotatable bonds is 5. The molecule has 0 spiro atoms. The smallest absolute Gasteiger partial charge is 0.225 e. The van der Waals surface area contributed by atoms with Crippen molar-refractivity contribution in [3.8, 4) is 0 Å². The highest BCUT2D eigenvalue weighted by Gasteiger charge is 2.26. The Morgan fingerprint density at radius 3 is 2.93 bits per heavy atom. The third-order valence-electron chi connectivity index (χ3n) is 5.04. The summed E-state index contributed by atoms with van der Waals surface area (Å²) in [5.74, 6) is 0.772. The topological polar surface area (TPSA) is 63.1 Å². The van der Waals surface area contributed by atoms with Crippen molar-refractivity contribution in [2.75, 3.05) is 24.5 Å². The van der Waals surface area contributed by atoms with Crippen LogP contribution in [0.15, 0.2) is 48.9 Å². The zero-order valence-corrected chi connectivity index (χ0v) is 15.8. The number of carbonyl (C=O) groups is 1. The molecule has 2 aromatic heterocycles. The molecule has 1 aliphatic rings. The van der Waals surface area contributed by atoms with E-state index in [1.165, 1.54) is 0 Å². The molecule has 1 N–H and O–H groups in total. The van der Waals surface area contributed by atoms with Gasteiger partial charge >= 0.3 is 0 Å². The first kappa shape index (κ1) is 17.8. The van der Waals surface area contributed by atoms with Crippen molar-refractivity contribution in [3.05, 3.63) is 53.9 Å². The second-order valence-corrected chi connectivity index (χ2v) is 7.21. The SMILES string of the molecule is O=C(NCCn1ccc2c(Cl)cccc21)[C@H]1CCCN(c2ncccn2)C1. The molecule has 1 atom stereocenters. The minimum absolute atomic E-state index is 0.0293. The molecule has 3 aromatic rings. The number of fused-ring (bicyclic) bond motifs is 1. The minimum Gasteiger partial charge on any atom is -0.354 e. The van der Waals surface area contributed by atoms with Crippen LogP contribution < -0.4 is 10.2 Å². The van der Waals surface area contributed by atoms with Crippen LogP contribution in [0.3, 0.4) is 0 Å². The molecule has 4 rings (SSSR count). The van der Waals surface area contributed by atoms with E-state index in [1.54, 1.807) is 18.5 Å². The first-order valence-corrected chi connectivity index (χ1v) is 9.63. The van der Waals surface area contributed by atoms with Crippen LogP contribution in [0.4, 0.5) is 5.95 Å². The van der Waals surface area contributed by atoms with Crippen LogP contribution >= 0.6 is 11.6 Å². The van der Waals surface area contributed by atoms with Gasteiger partial charge in [-0.05, 0) is 37.1 Å². The van der Waals surface area contributed by atoms with E-state index in [0.717, 1.165) is 35.3 Å². The first-order chi connectivity index (χ1) is 13.2. The number of benzene rings is 1. The average molecular weight is 384 g/mol. The van der Waals surface area contributed by atoms with Crippen LogP contribution in [-0.2, 0) is 11.3 Å². The van der Waals surface area contributed by atoms with Gasteiger partial charge < -0.3 is 14.8 Å². The Hall–Kier alpha value is -2.60. The summed E-state index contributed by atoms with van der Waals surface area (Å²) in [7, 11) is 0. The molecular weight excluding hydrogens is 362 g/mol. The van der Waals surface area contributed by atoms with E-state index in [9.17, 15) is 4.79 Å². The lowest BCUT2D eigenvalue weighted by molar-refractivity contribution is -0.125. The Bertz CT molecular complexity index is 927. The summed E-state index contributed by atoms with van der Waals surface area (Å²) in [6.07, 6.45) is 7.35. The number of carbonyl (C=O) groups excluding carboxylic acids is 1. The number of hydrogen-bond donors (Lipinski definition) is 1. The number of nitrogens with one attached hydrogen (secondary N) is 1. The lowest BCUT2D eigenvalue weighted by Crippen LogP contribution is -2.44. The van der Waals surface area contributed by atoms with Crippen molar-refractivity contribution in [1.29, 1.82) is 0 Å². The van der Waals surface area contributed by atoms with Crippen molar-refractivity contribution in [1.82, 2.24) is 19.9 Å². The summed E-state index contributed by atoms with van der Waals surface area (Å²) in [6.45, 7) is 2.86. The van der Waals surface area contributed by atoms with E-state index < -0.39 is 0 Å². The Morgan fingerprint density at radius 1 is 1.22 bits per heavy atom. The van der Waals surface area contributed by atoms with Crippen molar-refractivity contribution in [2.24, 2.45) is 5.92 Å². The van der Waals surface area contributed by atoms with Crippen LogP contribution in [0.2, 0.25) is 5.02 Å². The number of aromatic nitrogens is 3. The highest BCUT2D eigenvalue weighted by molar-refractivity contribution is 6.35. The predicted octanol–water partition coefficient (Wildman–Crippen LogP) is 3.12. The van der Waals surface area contributed by atoms with Crippen LogP contribution in [0, 0.1) is 5.92 Å². The number of halogens is 1. The van der Waals surface area contributed by atoms with Gasteiger partial charge in [0.05, 0.1) is 5.92 Å². The molecule has 0 aliphatic carbocycles. The van der Waals surface area contributed by atoms with Crippen molar-refractivity contribution >= 4 is 34.4 Å². The van der Waals surface area contributed by atoms with Gasteiger partial charge in [-0.25, -0.2) is 9.97 Å². The summed E-state index contributed by atoms with van der Waals surface area (Å²) < 4.78 is 2.12. The van der Waals surface area contributed by atoms with Gasteiger partial charge in [0.15, 0.2) is 0 Å². The molecule has 0 radical (unpaired) electrons. The fourth-order valence-corrected chi connectivity index (χ4v) is 3.88. The third kappa shape index (κ3) is 3.90. The summed E-state index contributed by atoms with van der Waals surface area (Å²) in [4.78, 5) is 23.3. The van der Waals surface area contributed by atoms with Crippen LogP contribution in [0.5, 0.6) is 0 Å². The highest BCUT2D eigenvalue weighted by Crippen LogP contribution is 2.24. The molecule has 1 aromatic carbocycles. The van der Waals surface area contributed by atoms with E-state index in [2.05, 4.69) is 24.8 Å². The molecule has 0 saturated carbocycles. The number of hydrogen-bond acceptors (Lipinski definition) is 4. The Kier molecular flexibility index (Phi) is 5.25. The van der Waals surface area contributed by atoms with Gasteiger partial charge in [-0.2, -0.15) is 0 Å². The standard InChI is InChI=1S/C20H22ClN5O/c21-17-5-1-6-18-16(17)7-12-25(18)13-10-22-19(27)15-4-2-11-26(14-15)20-23-8-3-9-24-20/h1,3,5-9,12,15H,2,4,10-11,13-14H2,(H,22,27)/t15-/m0/s1. The number of amides is 1. The third-order valence-corrected chi connectivity index (χ3v) is 5.37. The maximum absolute atomic E-state index is 12.6. The molecule has 27 heavy (non-hydrogen) atoms. The zero-order chi connectivity index (χ0) is 18.6. The van der Waals surface area contributed by atoms with E-state index in [1.807, 2.05) is 30.5 Å². The summed E-state index contributed by atoms with van der Waals surface area (Å²) >= 11 is 6.22. The molecular formula is C20H22ClN5O. The maximum Gasteiger partial charge on any atom is 0.225 e. The van der Waals surface area contributed by atoms with Crippen LogP contribution in [0.1, 0.15) is 12.8 Å². The Labute approximate surface area is 163 Å². The molecule has 1 amide bonds. The Morgan fingerprint density at radius 2 is 2.07 bits per heavy atom. The largest absolute Gasteiger partial charge is 0.354 e. The molecule has 1 aliphatic heterocycles. The molecule has 6 nitrogen and oxygen atoms in total. The maximum atomic E-state index is 12.6.